The second-order valence-electron chi connectivity index (χ2n) is 6.67. The average molecular weight is 389 g/mol. The predicted molar refractivity (Wildman–Crippen MR) is 109 cm³/mol. The van der Waals surface area contributed by atoms with E-state index in [0.717, 1.165) is 22.3 Å². The van der Waals surface area contributed by atoms with Gasteiger partial charge in [-0.3, -0.25) is 5.32 Å². The molecule has 4 rings (SSSR count). The number of carbonyl (C=O) groups is 2. The zero-order valence-corrected chi connectivity index (χ0v) is 15.7. The molecule has 0 spiro atoms. The topological polar surface area (TPSA) is 84.9 Å². The van der Waals surface area contributed by atoms with E-state index >= 15 is 0 Å². The lowest BCUT2D eigenvalue weighted by Gasteiger charge is -2.15. The fourth-order valence-corrected chi connectivity index (χ4v) is 3.67. The molecule has 0 aliphatic heterocycles. The fraction of sp³-hybridized carbons (Fsp3) is 0.130. The van der Waals surface area contributed by atoms with Crippen LogP contribution in [0.25, 0.3) is 11.1 Å². The zero-order chi connectivity index (χ0) is 20.4. The largest absolute Gasteiger partial charge is 0.495 e. The van der Waals surface area contributed by atoms with Crippen LogP contribution in [0.3, 0.4) is 0 Å². The molecule has 0 radical (unpaired) electrons. The zero-order valence-electron chi connectivity index (χ0n) is 15.7. The van der Waals surface area contributed by atoms with Crippen molar-refractivity contribution in [3.63, 3.8) is 0 Å². The van der Waals surface area contributed by atoms with Crippen LogP contribution in [-0.4, -0.2) is 30.9 Å². The summed E-state index contributed by atoms with van der Waals surface area (Å²) in [5, 5.41) is 11.7. The molecule has 1 aliphatic rings. The van der Waals surface area contributed by atoms with Gasteiger partial charge in [-0.25, -0.2) is 9.59 Å². The maximum absolute atomic E-state index is 12.4. The minimum Gasteiger partial charge on any atom is -0.495 e. The number of amides is 1. The van der Waals surface area contributed by atoms with Gasteiger partial charge in [0.1, 0.15) is 12.4 Å². The lowest BCUT2D eigenvalue weighted by Crippen LogP contribution is -2.18. The second kappa shape index (κ2) is 7.67. The predicted octanol–water partition coefficient (Wildman–Crippen LogP) is 4.75. The first kappa shape index (κ1) is 18.6. The van der Waals surface area contributed by atoms with Crippen LogP contribution in [0.15, 0.2) is 66.7 Å². The molecule has 1 aliphatic carbocycles. The standard InChI is InChI=1S/C23H19NO5/c1-28-21-12-14(22(25)26)10-11-20(21)24-23(27)29-13-19-17-8-4-2-6-15(17)16-7-3-5-9-18(16)19/h2-12,19H,13H2,1H3,(H,24,27)(H,25,26). The lowest BCUT2D eigenvalue weighted by atomic mass is 9.98. The van der Waals surface area contributed by atoms with Crippen LogP contribution in [0.1, 0.15) is 27.4 Å². The summed E-state index contributed by atoms with van der Waals surface area (Å²) in [7, 11) is 1.41. The van der Waals surface area contributed by atoms with E-state index in [4.69, 9.17) is 14.6 Å². The Kier molecular flexibility index (Phi) is 4.91. The molecule has 0 aromatic heterocycles. The minimum absolute atomic E-state index is 0.0376. The van der Waals surface area contributed by atoms with E-state index < -0.39 is 12.1 Å². The Morgan fingerprint density at radius 2 is 1.59 bits per heavy atom. The highest BCUT2D eigenvalue weighted by Crippen LogP contribution is 2.44. The third-order valence-corrected chi connectivity index (χ3v) is 5.03. The SMILES string of the molecule is COc1cc(C(=O)O)ccc1NC(=O)OCC1c2ccccc2-c2ccccc21. The maximum Gasteiger partial charge on any atom is 0.411 e. The number of anilines is 1. The normalized spacial score (nSPS) is 12.0. The Hall–Kier alpha value is -3.80. The van der Waals surface area contributed by atoms with Crippen LogP contribution >= 0.6 is 0 Å². The van der Waals surface area contributed by atoms with Crippen molar-refractivity contribution in [3.8, 4) is 16.9 Å². The van der Waals surface area contributed by atoms with Crippen LogP contribution in [0, 0.1) is 0 Å². The lowest BCUT2D eigenvalue weighted by molar-refractivity contribution is 0.0696. The van der Waals surface area contributed by atoms with Gasteiger partial charge in [0.05, 0.1) is 18.4 Å². The minimum atomic E-state index is -1.07. The van der Waals surface area contributed by atoms with Gasteiger partial charge in [-0.1, -0.05) is 48.5 Å². The Morgan fingerprint density at radius 3 is 2.17 bits per heavy atom. The van der Waals surface area contributed by atoms with Crippen molar-refractivity contribution in [3.05, 3.63) is 83.4 Å². The summed E-state index contributed by atoms with van der Waals surface area (Å²) in [5.41, 5.74) is 4.98. The molecule has 0 saturated heterocycles. The van der Waals surface area contributed by atoms with Crippen molar-refractivity contribution >= 4 is 17.7 Å². The molecule has 3 aromatic carbocycles. The van der Waals surface area contributed by atoms with E-state index in [0.29, 0.717) is 5.69 Å². The van der Waals surface area contributed by atoms with Crippen LogP contribution in [0.2, 0.25) is 0 Å². The van der Waals surface area contributed by atoms with Crippen molar-refractivity contribution in [2.45, 2.75) is 5.92 Å². The third-order valence-electron chi connectivity index (χ3n) is 5.03. The summed E-state index contributed by atoms with van der Waals surface area (Å²) >= 11 is 0. The van der Waals surface area contributed by atoms with Crippen LogP contribution in [0.5, 0.6) is 5.75 Å². The molecule has 1 amide bonds. The van der Waals surface area contributed by atoms with Gasteiger partial charge in [-0.2, -0.15) is 0 Å². The first-order valence-corrected chi connectivity index (χ1v) is 9.12. The van der Waals surface area contributed by atoms with Crippen molar-refractivity contribution in [2.75, 3.05) is 19.0 Å². The number of carbonyl (C=O) groups excluding carboxylic acids is 1. The molecule has 0 heterocycles. The summed E-state index contributed by atoms with van der Waals surface area (Å²) in [6.07, 6.45) is -0.631. The Labute approximate surface area is 167 Å². The number of fused-ring (bicyclic) bond motifs is 3. The first-order chi connectivity index (χ1) is 14.1. The Morgan fingerprint density at radius 1 is 0.966 bits per heavy atom. The van der Waals surface area contributed by atoms with Crippen molar-refractivity contribution in [2.24, 2.45) is 0 Å². The van der Waals surface area contributed by atoms with Gasteiger partial charge in [-0.05, 0) is 40.5 Å². The molecule has 0 fully saturated rings. The Balaban J connectivity index is 1.49. The number of aromatic carboxylic acids is 1. The van der Waals surface area contributed by atoms with Crippen LogP contribution in [0.4, 0.5) is 10.5 Å². The van der Waals surface area contributed by atoms with Gasteiger partial charge in [0.2, 0.25) is 0 Å². The number of benzene rings is 3. The molecular formula is C23H19NO5. The van der Waals surface area contributed by atoms with E-state index in [9.17, 15) is 9.59 Å². The molecule has 0 unspecified atom stereocenters. The number of carboxylic acids is 1. The van der Waals surface area contributed by atoms with Crippen LogP contribution in [-0.2, 0) is 4.74 Å². The van der Waals surface area contributed by atoms with Gasteiger partial charge >= 0.3 is 12.1 Å². The summed E-state index contributed by atoms with van der Waals surface area (Å²) in [6, 6.07) is 20.4. The maximum atomic E-state index is 12.4. The molecular weight excluding hydrogens is 370 g/mol. The summed E-state index contributed by atoms with van der Waals surface area (Å²) < 4.78 is 10.7. The third kappa shape index (κ3) is 3.52. The van der Waals surface area contributed by atoms with Gasteiger partial charge in [0.15, 0.2) is 0 Å². The van der Waals surface area contributed by atoms with E-state index in [-0.39, 0.29) is 23.8 Å². The number of hydrogen-bond acceptors (Lipinski definition) is 4. The highest BCUT2D eigenvalue weighted by Gasteiger charge is 2.29. The molecule has 6 heteroatoms. The second-order valence-corrected chi connectivity index (χ2v) is 6.67. The highest BCUT2D eigenvalue weighted by atomic mass is 16.5. The number of nitrogens with one attached hydrogen (secondary N) is 1. The summed E-state index contributed by atoms with van der Waals surface area (Å²) in [6.45, 7) is 0.190. The summed E-state index contributed by atoms with van der Waals surface area (Å²) in [4.78, 5) is 23.5. The Bertz CT molecular complexity index is 1050. The van der Waals surface area contributed by atoms with Crippen molar-refractivity contribution in [1.82, 2.24) is 0 Å². The summed E-state index contributed by atoms with van der Waals surface area (Å²) in [5.74, 6) is -0.862. The molecule has 3 aromatic rings. The molecule has 0 saturated carbocycles. The molecule has 146 valence electrons. The molecule has 29 heavy (non-hydrogen) atoms. The molecule has 2 N–H and O–H groups in total. The van der Waals surface area contributed by atoms with Gasteiger partial charge in [-0.15, -0.1) is 0 Å². The van der Waals surface area contributed by atoms with Gasteiger partial charge < -0.3 is 14.6 Å². The number of carboxylic acid groups (broad SMARTS) is 1. The number of rotatable bonds is 5. The van der Waals surface area contributed by atoms with E-state index in [2.05, 4.69) is 29.6 Å². The molecule has 6 nitrogen and oxygen atoms in total. The van der Waals surface area contributed by atoms with Crippen LogP contribution < -0.4 is 10.1 Å². The number of methoxy groups -OCH3 is 1. The van der Waals surface area contributed by atoms with Crippen molar-refractivity contribution in [1.29, 1.82) is 0 Å². The fourth-order valence-electron chi connectivity index (χ4n) is 3.67. The van der Waals surface area contributed by atoms with E-state index in [1.165, 1.54) is 25.3 Å². The molecule has 0 bridgehead atoms. The van der Waals surface area contributed by atoms with Crippen molar-refractivity contribution < 1.29 is 24.2 Å². The highest BCUT2D eigenvalue weighted by molar-refractivity contribution is 5.92. The number of ether oxygens (including phenoxy) is 2. The van der Waals surface area contributed by atoms with Gasteiger partial charge in [0.25, 0.3) is 0 Å². The molecule has 0 atom stereocenters. The first-order valence-electron chi connectivity index (χ1n) is 9.12. The smallest absolute Gasteiger partial charge is 0.411 e. The van der Waals surface area contributed by atoms with E-state index in [1.54, 1.807) is 0 Å². The van der Waals surface area contributed by atoms with E-state index in [1.807, 2.05) is 24.3 Å². The number of hydrogen-bond donors (Lipinski definition) is 2. The quantitative estimate of drug-likeness (QED) is 0.658. The van der Waals surface area contributed by atoms with Gasteiger partial charge in [0, 0.05) is 5.92 Å². The average Bonchev–Trinajstić information content (AvgIpc) is 3.06. The monoisotopic (exact) mass is 389 g/mol.